The van der Waals surface area contributed by atoms with Crippen LogP contribution in [0.1, 0.15) is 99.3 Å². The van der Waals surface area contributed by atoms with Gasteiger partial charge in [-0.1, -0.05) is 67.2 Å². The zero-order chi connectivity index (χ0) is 26.3. The summed E-state index contributed by atoms with van der Waals surface area (Å²) >= 11 is 0. The van der Waals surface area contributed by atoms with E-state index in [1.807, 2.05) is 34.1 Å². The number of aliphatic hydroxyl groups is 1. The third-order valence-corrected chi connectivity index (χ3v) is 9.09. The van der Waals surface area contributed by atoms with Crippen LogP contribution in [0.4, 0.5) is 5.69 Å². The van der Waals surface area contributed by atoms with E-state index in [9.17, 15) is 9.90 Å². The molecule has 1 saturated carbocycles. The van der Waals surface area contributed by atoms with Gasteiger partial charge in [0.25, 0.3) is 0 Å². The minimum atomic E-state index is -0.682. The maximum atomic E-state index is 13.2. The molecule has 1 aliphatic carbocycles. The number of carbonyl (C=O) groups excluding carboxylic acids is 1. The number of carbonyl (C=O) groups is 1. The lowest BCUT2D eigenvalue weighted by atomic mass is 9.74. The SMILES string of the molecule is CCCC(CCC(C)C(C)C(C)C)Oc1ccc(N2CCN(C(=O)C3(C)CCCCC3)CC2O)cc1. The van der Waals surface area contributed by atoms with Gasteiger partial charge in [-0.25, -0.2) is 0 Å². The number of anilines is 1. The molecule has 1 aromatic carbocycles. The first-order valence-electron chi connectivity index (χ1n) is 14.7. The lowest BCUT2D eigenvalue weighted by Gasteiger charge is -2.44. The Bertz CT molecular complexity index is 803. The van der Waals surface area contributed by atoms with Crippen LogP contribution in [0.25, 0.3) is 0 Å². The Kier molecular flexibility index (Phi) is 10.5. The molecular weight excluding hydrogens is 448 g/mol. The molecule has 1 aliphatic heterocycles. The highest BCUT2D eigenvalue weighted by atomic mass is 16.5. The molecule has 0 spiro atoms. The molecule has 1 heterocycles. The molecule has 1 amide bonds. The van der Waals surface area contributed by atoms with E-state index >= 15 is 0 Å². The zero-order valence-electron chi connectivity index (χ0n) is 23.8. The van der Waals surface area contributed by atoms with Gasteiger partial charge in [0.2, 0.25) is 5.91 Å². The van der Waals surface area contributed by atoms with E-state index in [2.05, 4.69) is 41.5 Å². The summed E-state index contributed by atoms with van der Waals surface area (Å²) in [6.45, 7) is 15.4. The molecule has 1 N–H and O–H groups in total. The van der Waals surface area contributed by atoms with Crippen molar-refractivity contribution in [3.63, 3.8) is 0 Å². The van der Waals surface area contributed by atoms with Gasteiger partial charge in [-0.3, -0.25) is 4.79 Å². The smallest absolute Gasteiger partial charge is 0.228 e. The second kappa shape index (κ2) is 13.2. The molecule has 4 atom stereocenters. The number of β-amino-alcohol motifs (C(OH)–C–C–N with tert-alkyl or cyclic N) is 1. The Hall–Kier alpha value is -1.75. The molecular formula is C31H52N2O3. The van der Waals surface area contributed by atoms with Crippen LogP contribution in [0, 0.1) is 23.2 Å². The molecule has 1 saturated heterocycles. The van der Waals surface area contributed by atoms with Gasteiger partial charge in [0.05, 0.1) is 12.6 Å². The topological polar surface area (TPSA) is 53.0 Å². The Balaban J connectivity index is 1.54. The predicted octanol–water partition coefficient (Wildman–Crippen LogP) is 6.88. The van der Waals surface area contributed by atoms with Crippen molar-refractivity contribution in [2.75, 3.05) is 24.5 Å². The van der Waals surface area contributed by atoms with Crippen molar-refractivity contribution in [2.45, 2.75) is 112 Å². The molecule has 204 valence electrons. The van der Waals surface area contributed by atoms with Gasteiger partial charge in [0.1, 0.15) is 12.0 Å². The van der Waals surface area contributed by atoms with Gasteiger partial charge < -0.3 is 19.6 Å². The van der Waals surface area contributed by atoms with Crippen molar-refractivity contribution < 1.29 is 14.6 Å². The maximum absolute atomic E-state index is 13.2. The number of ether oxygens (including phenoxy) is 1. The lowest BCUT2D eigenvalue weighted by molar-refractivity contribution is -0.145. The van der Waals surface area contributed by atoms with Gasteiger partial charge >= 0.3 is 0 Å². The van der Waals surface area contributed by atoms with E-state index in [0.29, 0.717) is 31.5 Å². The number of hydrogen-bond acceptors (Lipinski definition) is 4. The average Bonchev–Trinajstić information content (AvgIpc) is 2.87. The van der Waals surface area contributed by atoms with E-state index < -0.39 is 6.23 Å². The second-order valence-corrected chi connectivity index (χ2v) is 12.2. The van der Waals surface area contributed by atoms with Crippen molar-refractivity contribution in [3.8, 4) is 5.75 Å². The number of piperazine rings is 1. The van der Waals surface area contributed by atoms with Gasteiger partial charge in [0.15, 0.2) is 0 Å². The number of benzene rings is 1. The van der Waals surface area contributed by atoms with Crippen molar-refractivity contribution in [1.82, 2.24) is 4.90 Å². The molecule has 1 aromatic rings. The third-order valence-electron chi connectivity index (χ3n) is 9.09. The molecule has 0 aromatic heterocycles. The highest BCUT2D eigenvalue weighted by Crippen LogP contribution is 2.38. The molecule has 0 bridgehead atoms. The Morgan fingerprint density at radius 3 is 2.28 bits per heavy atom. The van der Waals surface area contributed by atoms with Crippen molar-refractivity contribution in [3.05, 3.63) is 24.3 Å². The second-order valence-electron chi connectivity index (χ2n) is 12.2. The summed E-state index contributed by atoms with van der Waals surface area (Å²) < 4.78 is 6.41. The quantitative estimate of drug-likeness (QED) is 0.360. The largest absolute Gasteiger partial charge is 0.490 e. The average molecular weight is 501 g/mol. The number of aliphatic hydroxyl groups excluding tert-OH is 1. The first-order chi connectivity index (χ1) is 17.1. The monoisotopic (exact) mass is 500 g/mol. The van der Waals surface area contributed by atoms with Crippen LogP contribution in [0.15, 0.2) is 24.3 Å². The maximum Gasteiger partial charge on any atom is 0.228 e. The summed E-state index contributed by atoms with van der Waals surface area (Å²) in [4.78, 5) is 17.1. The fraction of sp³-hybridized carbons (Fsp3) is 0.774. The van der Waals surface area contributed by atoms with E-state index in [1.54, 1.807) is 0 Å². The molecule has 2 fully saturated rings. The first kappa shape index (κ1) is 28.8. The summed E-state index contributed by atoms with van der Waals surface area (Å²) in [5, 5.41) is 10.9. The van der Waals surface area contributed by atoms with Crippen LogP contribution >= 0.6 is 0 Å². The lowest BCUT2D eigenvalue weighted by Crippen LogP contribution is -2.57. The predicted molar refractivity (Wildman–Crippen MR) is 149 cm³/mol. The van der Waals surface area contributed by atoms with Gasteiger partial charge in [-0.15, -0.1) is 0 Å². The van der Waals surface area contributed by atoms with Crippen LogP contribution in [0.2, 0.25) is 0 Å². The van der Waals surface area contributed by atoms with Crippen LogP contribution in [-0.2, 0) is 4.79 Å². The normalized spacial score (nSPS) is 22.8. The number of nitrogens with zero attached hydrogens (tertiary/aromatic N) is 2. The minimum absolute atomic E-state index is 0.226. The summed E-state index contributed by atoms with van der Waals surface area (Å²) in [6, 6.07) is 8.16. The number of hydrogen-bond donors (Lipinski definition) is 1. The van der Waals surface area contributed by atoms with E-state index in [1.165, 1.54) is 12.8 Å². The van der Waals surface area contributed by atoms with Crippen LogP contribution < -0.4 is 9.64 Å². The summed E-state index contributed by atoms with van der Waals surface area (Å²) in [7, 11) is 0. The molecule has 4 unspecified atom stereocenters. The standard InChI is InChI=1S/C31H52N2O3/c1-7-11-27(15-12-24(4)25(5)23(2)3)36-28-16-13-26(14-17-28)33-21-20-32(22-29(33)34)30(35)31(6)18-9-8-10-19-31/h13-14,16-17,23-25,27,29,34H,7-12,15,18-22H2,1-6H3. The highest BCUT2D eigenvalue weighted by molar-refractivity contribution is 5.82. The first-order valence-corrected chi connectivity index (χ1v) is 14.7. The van der Waals surface area contributed by atoms with Gasteiger partial charge in [-0.2, -0.15) is 0 Å². The van der Waals surface area contributed by atoms with Crippen LogP contribution in [0.3, 0.4) is 0 Å². The highest BCUT2D eigenvalue weighted by Gasteiger charge is 2.40. The number of rotatable bonds is 11. The van der Waals surface area contributed by atoms with Gasteiger partial charge in [0, 0.05) is 24.2 Å². The minimum Gasteiger partial charge on any atom is -0.490 e. The van der Waals surface area contributed by atoms with Crippen molar-refractivity contribution in [1.29, 1.82) is 0 Å². The molecule has 3 rings (SSSR count). The van der Waals surface area contributed by atoms with Crippen LogP contribution in [-0.4, -0.2) is 47.9 Å². The molecule has 5 heteroatoms. The molecule has 0 radical (unpaired) electrons. The van der Waals surface area contributed by atoms with E-state index in [4.69, 9.17) is 4.74 Å². The van der Waals surface area contributed by atoms with E-state index in [-0.39, 0.29) is 17.4 Å². The molecule has 5 nitrogen and oxygen atoms in total. The third kappa shape index (κ3) is 7.40. The molecule has 36 heavy (non-hydrogen) atoms. The Morgan fingerprint density at radius 2 is 1.69 bits per heavy atom. The van der Waals surface area contributed by atoms with E-state index in [0.717, 1.165) is 62.3 Å². The Morgan fingerprint density at radius 1 is 1.03 bits per heavy atom. The summed E-state index contributed by atoms with van der Waals surface area (Å²) in [5.74, 6) is 3.25. The fourth-order valence-corrected chi connectivity index (χ4v) is 6.04. The van der Waals surface area contributed by atoms with Crippen LogP contribution in [0.5, 0.6) is 5.75 Å². The van der Waals surface area contributed by atoms with Gasteiger partial charge in [-0.05, 0) is 74.1 Å². The fourth-order valence-electron chi connectivity index (χ4n) is 6.04. The van der Waals surface area contributed by atoms with Crippen molar-refractivity contribution >= 4 is 11.6 Å². The summed E-state index contributed by atoms with van der Waals surface area (Å²) in [5.41, 5.74) is 0.732. The number of amides is 1. The Labute approximate surface area is 220 Å². The zero-order valence-corrected chi connectivity index (χ0v) is 23.8. The molecule has 2 aliphatic rings. The summed E-state index contributed by atoms with van der Waals surface area (Å²) in [6.07, 6.45) is 9.46. The van der Waals surface area contributed by atoms with Crippen molar-refractivity contribution in [2.24, 2.45) is 23.2 Å².